The summed E-state index contributed by atoms with van der Waals surface area (Å²) in [4.78, 5) is 43.5. The van der Waals surface area contributed by atoms with E-state index in [2.05, 4.69) is 10.3 Å². The Labute approximate surface area is 277 Å². The highest BCUT2D eigenvalue weighted by Crippen LogP contribution is 2.26. The van der Waals surface area contributed by atoms with Crippen molar-refractivity contribution >= 4 is 55.2 Å². The highest BCUT2D eigenvalue weighted by molar-refractivity contribution is 7.89. The second kappa shape index (κ2) is 14.6. The van der Waals surface area contributed by atoms with Gasteiger partial charge in [-0.1, -0.05) is 56.7 Å². The van der Waals surface area contributed by atoms with E-state index in [1.54, 1.807) is 29.8 Å². The van der Waals surface area contributed by atoms with Gasteiger partial charge >= 0.3 is 6.09 Å². The normalized spacial score (nSPS) is 17.0. The molecule has 5 rings (SSSR count). The number of amides is 3. The summed E-state index contributed by atoms with van der Waals surface area (Å²) in [6.07, 6.45) is -2.44. The number of rotatable bonds is 14. The van der Waals surface area contributed by atoms with Gasteiger partial charge in [0.05, 0.1) is 39.3 Å². The topological polar surface area (TPSA) is 172 Å². The van der Waals surface area contributed by atoms with Crippen LogP contribution in [-0.2, 0) is 26.0 Å². The molecular formula is C33H37N5O7S2. The summed E-state index contributed by atoms with van der Waals surface area (Å²) in [5, 5.41) is 14.5. The molecule has 0 unspecified atom stereocenters. The third-order valence-electron chi connectivity index (χ3n) is 8.18. The number of anilines is 1. The second-order valence-electron chi connectivity index (χ2n) is 11.6. The van der Waals surface area contributed by atoms with Crippen molar-refractivity contribution in [2.75, 3.05) is 24.5 Å². The number of aliphatic hydroxyl groups excluding tert-OH is 1. The molecule has 0 saturated carbocycles. The van der Waals surface area contributed by atoms with Crippen molar-refractivity contribution in [2.45, 2.75) is 49.8 Å². The number of nitrogens with zero attached hydrogens (tertiary/aromatic N) is 3. The van der Waals surface area contributed by atoms with Crippen LogP contribution in [0.1, 0.15) is 36.2 Å². The average Bonchev–Trinajstić information content (AvgIpc) is 3.70. The number of fused-ring (bicyclic) bond motifs is 1. The molecule has 47 heavy (non-hydrogen) atoms. The molecule has 1 fully saturated rings. The van der Waals surface area contributed by atoms with E-state index < -0.39 is 46.2 Å². The zero-order valence-electron chi connectivity index (χ0n) is 26.0. The number of carbonyl (C=O) groups is 3. The van der Waals surface area contributed by atoms with Crippen LogP contribution in [0.2, 0.25) is 0 Å². The number of cyclic esters (lactones) is 1. The second-order valence-corrected chi connectivity index (χ2v) is 14.4. The molecule has 4 aromatic rings. The number of aliphatic hydroxyl groups is 1. The first-order valence-electron chi connectivity index (χ1n) is 15.2. The fraction of sp³-hybridized carbons (Fsp3) is 0.333. The van der Waals surface area contributed by atoms with Gasteiger partial charge in [-0.15, -0.1) is 11.3 Å². The fourth-order valence-electron chi connectivity index (χ4n) is 5.29. The molecule has 0 radical (unpaired) electrons. The molecule has 0 spiro atoms. The molecule has 3 amide bonds. The van der Waals surface area contributed by atoms with Gasteiger partial charge in [0.25, 0.3) is 5.91 Å². The van der Waals surface area contributed by atoms with Crippen LogP contribution >= 0.6 is 11.3 Å². The first-order chi connectivity index (χ1) is 22.5. The lowest BCUT2D eigenvalue weighted by Crippen LogP contribution is -2.53. The van der Waals surface area contributed by atoms with E-state index in [0.29, 0.717) is 17.6 Å². The van der Waals surface area contributed by atoms with Crippen molar-refractivity contribution in [3.8, 4) is 0 Å². The van der Waals surface area contributed by atoms with E-state index in [-0.39, 0.29) is 42.4 Å². The highest BCUT2D eigenvalue weighted by Gasteiger charge is 2.39. The SMILES string of the molecule is CC[C@@H](C)CN(C[C@@H](O)[C@H](Cc1ccccc1)NC(=O)[C@@H]1CN(c2cccc(C(N)=O)c2)C(=O)O1)S(=O)(=O)c1ccc2ncsc2c1. The van der Waals surface area contributed by atoms with Crippen LogP contribution in [0, 0.1) is 5.92 Å². The number of benzene rings is 3. The predicted octanol–water partition coefficient (Wildman–Crippen LogP) is 3.55. The van der Waals surface area contributed by atoms with Crippen LogP contribution in [0.25, 0.3) is 10.2 Å². The molecule has 1 saturated heterocycles. The number of aromatic nitrogens is 1. The minimum Gasteiger partial charge on any atom is -0.434 e. The number of primary amides is 1. The molecule has 3 aromatic carbocycles. The van der Waals surface area contributed by atoms with E-state index in [9.17, 15) is 27.9 Å². The van der Waals surface area contributed by atoms with Gasteiger partial charge < -0.3 is 20.9 Å². The fourth-order valence-corrected chi connectivity index (χ4v) is 7.69. The van der Waals surface area contributed by atoms with E-state index >= 15 is 0 Å². The first-order valence-corrected chi connectivity index (χ1v) is 17.5. The summed E-state index contributed by atoms with van der Waals surface area (Å²) < 4.78 is 35.3. The van der Waals surface area contributed by atoms with Crippen LogP contribution in [0.3, 0.4) is 0 Å². The van der Waals surface area contributed by atoms with Gasteiger partial charge in [-0.3, -0.25) is 14.5 Å². The largest absolute Gasteiger partial charge is 0.434 e. The third kappa shape index (κ3) is 7.96. The summed E-state index contributed by atoms with van der Waals surface area (Å²) in [6.45, 7) is 3.62. The van der Waals surface area contributed by atoms with E-state index in [4.69, 9.17) is 10.5 Å². The van der Waals surface area contributed by atoms with E-state index in [1.807, 2.05) is 44.2 Å². The van der Waals surface area contributed by atoms with Crippen molar-refractivity contribution in [1.29, 1.82) is 0 Å². The number of nitrogens with two attached hydrogens (primary N) is 1. The third-order valence-corrected chi connectivity index (χ3v) is 10.8. The first kappa shape index (κ1) is 34.0. The maximum absolute atomic E-state index is 14.0. The van der Waals surface area contributed by atoms with Gasteiger partial charge in [0, 0.05) is 24.3 Å². The molecule has 0 bridgehead atoms. The molecule has 1 aromatic heterocycles. The van der Waals surface area contributed by atoms with Crippen LogP contribution in [-0.4, -0.2) is 78.6 Å². The lowest BCUT2D eigenvalue weighted by molar-refractivity contribution is -0.129. The Hall–Kier alpha value is -4.37. The van der Waals surface area contributed by atoms with Gasteiger partial charge in [-0.25, -0.2) is 18.2 Å². The summed E-state index contributed by atoms with van der Waals surface area (Å²) in [5.41, 5.74) is 9.06. The molecule has 4 atom stereocenters. The van der Waals surface area contributed by atoms with E-state index in [0.717, 1.165) is 10.3 Å². The molecule has 12 nitrogen and oxygen atoms in total. The van der Waals surface area contributed by atoms with Crippen molar-refractivity contribution in [2.24, 2.45) is 11.7 Å². The molecule has 2 heterocycles. The molecule has 248 valence electrons. The summed E-state index contributed by atoms with van der Waals surface area (Å²) >= 11 is 1.34. The zero-order valence-corrected chi connectivity index (χ0v) is 27.6. The Bertz CT molecular complexity index is 1850. The number of carbonyl (C=O) groups excluding carboxylic acids is 3. The van der Waals surface area contributed by atoms with Gasteiger partial charge in [-0.2, -0.15) is 4.31 Å². The quantitative estimate of drug-likeness (QED) is 0.182. The predicted molar refractivity (Wildman–Crippen MR) is 178 cm³/mol. The average molecular weight is 680 g/mol. The van der Waals surface area contributed by atoms with Gasteiger partial charge in [0.1, 0.15) is 0 Å². The smallest absolute Gasteiger partial charge is 0.415 e. The standard InChI is InChI=1S/C33H37N5O7S2/c1-3-21(2)17-37(47(43,44)25-12-13-26-30(16-25)46-20-35-26)18-28(39)27(14-22-8-5-4-6-9-22)36-32(41)29-19-38(33(42)45-29)24-11-7-10-23(15-24)31(34)40/h4-13,15-16,20-21,27-29,39H,3,14,17-19H2,1-2H3,(H2,34,40)(H,36,41)/t21-,27+,28-,29+/m1/s1. The van der Waals surface area contributed by atoms with Crippen LogP contribution in [0.15, 0.2) is 83.2 Å². The van der Waals surface area contributed by atoms with Gasteiger partial charge in [-0.05, 0) is 54.3 Å². The molecule has 1 aliphatic heterocycles. The molecule has 0 aliphatic carbocycles. The lowest BCUT2D eigenvalue weighted by Gasteiger charge is -2.31. The molecular weight excluding hydrogens is 643 g/mol. The number of hydrogen-bond donors (Lipinski definition) is 3. The van der Waals surface area contributed by atoms with Crippen LogP contribution in [0.4, 0.5) is 10.5 Å². The number of nitrogens with one attached hydrogen (secondary N) is 1. The Morgan fingerprint density at radius 2 is 1.89 bits per heavy atom. The summed E-state index contributed by atoms with van der Waals surface area (Å²) in [7, 11) is -4.05. The maximum Gasteiger partial charge on any atom is 0.415 e. The number of sulfonamides is 1. The zero-order chi connectivity index (χ0) is 33.7. The van der Waals surface area contributed by atoms with Crippen molar-refractivity contribution in [1.82, 2.24) is 14.6 Å². The molecule has 4 N–H and O–H groups in total. The summed E-state index contributed by atoms with van der Waals surface area (Å²) in [5.74, 6) is -1.33. The molecule has 1 aliphatic rings. The van der Waals surface area contributed by atoms with Crippen molar-refractivity contribution in [3.05, 3.63) is 89.4 Å². The van der Waals surface area contributed by atoms with E-state index in [1.165, 1.54) is 38.7 Å². The Morgan fingerprint density at radius 1 is 1.13 bits per heavy atom. The van der Waals surface area contributed by atoms with Crippen molar-refractivity contribution in [3.63, 3.8) is 0 Å². The number of ether oxygens (including phenoxy) is 1. The highest BCUT2D eigenvalue weighted by atomic mass is 32.2. The lowest BCUT2D eigenvalue weighted by atomic mass is 10.0. The minimum atomic E-state index is -4.05. The maximum atomic E-state index is 14.0. The van der Waals surface area contributed by atoms with Crippen LogP contribution < -0.4 is 16.0 Å². The monoisotopic (exact) mass is 679 g/mol. The Kier molecular flexibility index (Phi) is 10.5. The molecule has 14 heteroatoms. The minimum absolute atomic E-state index is 0.0109. The van der Waals surface area contributed by atoms with Gasteiger partial charge in [0.15, 0.2) is 6.10 Å². The Morgan fingerprint density at radius 3 is 2.62 bits per heavy atom. The summed E-state index contributed by atoms with van der Waals surface area (Å²) in [6, 6.07) is 19.1. The number of hydrogen-bond acceptors (Lipinski definition) is 9. The Balaban J connectivity index is 1.37. The van der Waals surface area contributed by atoms with Gasteiger partial charge in [0.2, 0.25) is 15.9 Å². The van der Waals surface area contributed by atoms with Crippen LogP contribution in [0.5, 0.6) is 0 Å². The van der Waals surface area contributed by atoms with Crippen molar-refractivity contribution < 1.29 is 32.6 Å². The number of thiazole rings is 1.